The Bertz CT molecular complexity index is 426. The fourth-order valence-electron chi connectivity index (χ4n) is 1.35. The minimum atomic E-state index is 0.721. The van der Waals surface area contributed by atoms with Gasteiger partial charge in [0.25, 0.3) is 0 Å². The Morgan fingerprint density at radius 2 is 1.93 bits per heavy atom. The number of hydrogen-bond donors (Lipinski definition) is 2. The molecule has 2 aromatic rings. The number of nitrogens with two attached hydrogens (primary N) is 1. The molecule has 0 atom stereocenters. The lowest BCUT2D eigenvalue weighted by atomic mass is 10.2. The Hall–Kier alpha value is -2.03. The zero-order valence-electron chi connectivity index (χ0n) is 8.35. The van der Waals surface area contributed by atoms with Crippen LogP contribution in [0.25, 0.3) is 0 Å². The lowest BCUT2D eigenvalue weighted by Crippen LogP contribution is -2.02. The first-order chi connectivity index (χ1) is 7.36. The van der Waals surface area contributed by atoms with E-state index in [4.69, 9.17) is 5.73 Å². The molecule has 0 aliphatic carbocycles. The maximum atomic E-state index is 5.78. The Kier molecular flexibility index (Phi) is 2.83. The Morgan fingerprint density at radius 1 is 1.13 bits per heavy atom. The van der Waals surface area contributed by atoms with Crippen molar-refractivity contribution in [2.45, 2.75) is 6.54 Å². The maximum absolute atomic E-state index is 5.78. The van der Waals surface area contributed by atoms with Crippen LogP contribution in [0.4, 0.5) is 11.4 Å². The molecule has 0 unspecified atom stereocenters. The third-order valence-corrected chi connectivity index (χ3v) is 2.20. The van der Waals surface area contributed by atoms with Gasteiger partial charge in [0.05, 0.1) is 11.9 Å². The van der Waals surface area contributed by atoms with Crippen molar-refractivity contribution in [3.8, 4) is 0 Å². The van der Waals surface area contributed by atoms with Crippen LogP contribution >= 0.6 is 0 Å². The van der Waals surface area contributed by atoms with Crippen molar-refractivity contribution in [3.63, 3.8) is 0 Å². The summed E-state index contributed by atoms with van der Waals surface area (Å²) in [5.41, 5.74) is 8.66. The number of nitrogen functional groups attached to an aromatic ring is 1. The molecule has 0 aliphatic rings. The third-order valence-electron chi connectivity index (χ3n) is 2.20. The standard InChI is InChI=1S/C12H13N3/c13-12-9-14-7-6-10(12)8-15-11-4-2-1-3-5-11/h1-7,9,15H,8,13H2. The SMILES string of the molecule is Nc1cnccc1CNc1ccccc1. The highest BCUT2D eigenvalue weighted by Crippen LogP contribution is 2.12. The first kappa shape index (κ1) is 9.52. The van der Waals surface area contributed by atoms with Crippen molar-refractivity contribution in [2.75, 3.05) is 11.1 Å². The first-order valence-electron chi connectivity index (χ1n) is 4.83. The Balaban J connectivity index is 2.03. The van der Waals surface area contributed by atoms with E-state index in [1.807, 2.05) is 36.4 Å². The van der Waals surface area contributed by atoms with E-state index in [9.17, 15) is 0 Å². The van der Waals surface area contributed by atoms with Crippen molar-refractivity contribution in [1.82, 2.24) is 4.98 Å². The van der Waals surface area contributed by atoms with Crippen LogP contribution in [0, 0.1) is 0 Å². The zero-order chi connectivity index (χ0) is 10.5. The molecule has 76 valence electrons. The van der Waals surface area contributed by atoms with Gasteiger partial charge in [-0.25, -0.2) is 0 Å². The summed E-state index contributed by atoms with van der Waals surface area (Å²) < 4.78 is 0. The van der Waals surface area contributed by atoms with Gasteiger partial charge in [-0.3, -0.25) is 4.98 Å². The monoisotopic (exact) mass is 199 g/mol. The van der Waals surface area contributed by atoms with E-state index in [1.54, 1.807) is 12.4 Å². The molecule has 0 radical (unpaired) electrons. The second-order valence-corrected chi connectivity index (χ2v) is 3.29. The predicted molar refractivity (Wildman–Crippen MR) is 62.4 cm³/mol. The molecule has 0 fully saturated rings. The largest absolute Gasteiger partial charge is 0.397 e. The Morgan fingerprint density at radius 3 is 2.67 bits per heavy atom. The highest BCUT2D eigenvalue weighted by Gasteiger charge is 1.97. The van der Waals surface area contributed by atoms with Gasteiger partial charge in [-0.05, 0) is 23.8 Å². The van der Waals surface area contributed by atoms with Crippen molar-refractivity contribution in [3.05, 3.63) is 54.4 Å². The van der Waals surface area contributed by atoms with E-state index < -0.39 is 0 Å². The van der Waals surface area contributed by atoms with E-state index in [2.05, 4.69) is 10.3 Å². The molecule has 0 aliphatic heterocycles. The fraction of sp³-hybridized carbons (Fsp3) is 0.0833. The van der Waals surface area contributed by atoms with Gasteiger partial charge in [-0.2, -0.15) is 0 Å². The normalized spacial score (nSPS) is 9.87. The summed E-state index contributed by atoms with van der Waals surface area (Å²) >= 11 is 0. The van der Waals surface area contributed by atoms with Crippen LogP contribution in [0.5, 0.6) is 0 Å². The molecule has 1 heterocycles. The van der Waals surface area contributed by atoms with Crippen LogP contribution in [0.1, 0.15) is 5.56 Å². The van der Waals surface area contributed by atoms with Crippen LogP contribution in [-0.2, 0) is 6.54 Å². The van der Waals surface area contributed by atoms with Crippen LogP contribution in [0.15, 0.2) is 48.8 Å². The average Bonchev–Trinajstić information content (AvgIpc) is 2.29. The number of hydrogen-bond acceptors (Lipinski definition) is 3. The topological polar surface area (TPSA) is 50.9 Å². The van der Waals surface area contributed by atoms with Crippen LogP contribution in [-0.4, -0.2) is 4.98 Å². The summed E-state index contributed by atoms with van der Waals surface area (Å²) in [6.07, 6.45) is 3.42. The summed E-state index contributed by atoms with van der Waals surface area (Å²) in [7, 11) is 0. The van der Waals surface area contributed by atoms with E-state index in [1.165, 1.54) is 0 Å². The maximum Gasteiger partial charge on any atom is 0.0551 e. The fourth-order valence-corrected chi connectivity index (χ4v) is 1.35. The second-order valence-electron chi connectivity index (χ2n) is 3.29. The van der Waals surface area contributed by atoms with Crippen molar-refractivity contribution in [2.24, 2.45) is 0 Å². The van der Waals surface area contributed by atoms with Gasteiger partial charge in [0.2, 0.25) is 0 Å². The van der Waals surface area contributed by atoms with Crippen molar-refractivity contribution in [1.29, 1.82) is 0 Å². The summed E-state index contributed by atoms with van der Waals surface area (Å²) in [6, 6.07) is 12.0. The van der Waals surface area contributed by atoms with Crippen LogP contribution < -0.4 is 11.1 Å². The highest BCUT2D eigenvalue weighted by molar-refractivity contribution is 5.48. The van der Waals surface area contributed by atoms with Gasteiger partial charge in [-0.1, -0.05) is 18.2 Å². The van der Waals surface area contributed by atoms with Crippen molar-refractivity contribution < 1.29 is 0 Å². The Labute approximate surface area is 89.0 Å². The zero-order valence-corrected chi connectivity index (χ0v) is 8.35. The number of rotatable bonds is 3. The third kappa shape index (κ3) is 2.47. The number of nitrogens with one attached hydrogen (secondary N) is 1. The molecule has 0 saturated carbocycles. The molecule has 1 aromatic heterocycles. The molecular weight excluding hydrogens is 186 g/mol. The minimum Gasteiger partial charge on any atom is -0.397 e. The summed E-state index contributed by atoms with van der Waals surface area (Å²) in [4.78, 5) is 3.95. The molecule has 1 aromatic carbocycles. The molecule has 0 amide bonds. The molecule has 3 N–H and O–H groups in total. The molecule has 3 nitrogen and oxygen atoms in total. The van der Waals surface area contributed by atoms with Crippen molar-refractivity contribution >= 4 is 11.4 Å². The van der Waals surface area contributed by atoms with E-state index in [-0.39, 0.29) is 0 Å². The van der Waals surface area contributed by atoms with Gasteiger partial charge in [-0.15, -0.1) is 0 Å². The van der Waals surface area contributed by atoms with Gasteiger partial charge < -0.3 is 11.1 Å². The predicted octanol–water partition coefficient (Wildman–Crippen LogP) is 2.28. The smallest absolute Gasteiger partial charge is 0.0551 e. The summed E-state index contributed by atoms with van der Waals surface area (Å²) in [6.45, 7) is 0.721. The molecule has 0 saturated heterocycles. The highest BCUT2D eigenvalue weighted by atomic mass is 14.9. The summed E-state index contributed by atoms with van der Waals surface area (Å²) in [5, 5.41) is 3.29. The number of benzene rings is 1. The summed E-state index contributed by atoms with van der Waals surface area (Å²) in [5.74, 6) is 0. The number of nitrogens with zero attached hydrogens (tertiary/aromatic N) is 1. The minimum absolute atomic E-state index is 0.721. The molecule has 0 bridgehead atoms. The number of para-hydroxylation sites is 1. The van der Waals surface area contributed by atoms with E-state index in [0.717, 1.165) is 23.5 Å². The van der Waals surface area contributed by atoms with Gasteiger partial charge in [0.1, 0.15) is 0 Å². The number of anilines is 2. The van der Waals surface area contributed by atoms with Gasteiger partial charge in [0.15, 0.2) is 0 Å². The molecular formula is C12H13N3. The lowest BCUT2D eigenvalue weighted by molar-refractivity contribution is 1.13. The molecule has 3 heteroatoms. The molecule has 0 spiro atoms. The lowest BCUT2D eigenvalue weighted by Gasteiger charge is -2.07. The number of pyridine rings is 1. The quantitative estimate of drug-likeness (QED) is 0.797. The van der Waals surface area contributed by atoms with Crippen LogP contribution in [0.3, 0.4) is 0 Å². The second kappa shape index (κ2) is 4.46. The molecule has 15 heavy (non-hydrogen) atoms. The van der Waals surface area contributed by atoms with E-state index >= 15 is 0 Å². The molecule has 2 rings (SSSR count). The van der Waals surface area contributed by atoms with Gasteiger partial charge >= 0.3 is 0 Å². The number of aromatic nitrogens is 1. The van der Waals surface area contributed by atoms with Gasteiger partial charge in [0, 0.05) is 18.4 Å². The average molecular weight is 199 g/mol. The first-order valence-corrected chi connectivity index (χ1v) is 4.83. The van der Waals surface area contributed by atoms with E-state index in [0.29, 0.717) is 0 Å². The van der Waals surface area contributed by atoms with Crippen LogP contribution in [0.2, 0.25) is 0 Å².